The lowest BCUT2D eigenvalue weighted by molar-refractivity contribution is -0.0558. The largest absolute Gasteiger partial charge is 0.444 e. The Hall–Kier alpha value is -0.550. The van der Waals surface area contributed by atoms with Gasteiger partial charge in [0, 0.05) is 4.47 Å². The number of hydrogen-bond donors (Lipinski definition) is 0. The summed E-state index contributed by atoms with van der Waals surface area (Å²) < 4.78 is 37.0. The van der Waals surface area contributed by atoms with Crippen molar-refractivity contribution in [2.24, 2.45) is 4.99 Å². The van der Waals surface area contributed by atoms with Gasteiger partial charge in [0.25, 0.3) is 0 Å². The van der Waals surface area contributed by atoms with Crippen molar-refractivity contribution in [1.29, 1.82) is 0 Å². The first-order valence-corrected chi connectivity index (χ1v) is 5.05. The van der Waals surface area contributed by atoms with Gasteiger partial charge in [-0.05, 0) is 30.7 Å². The fourth-order valence-electron chi connectivity index (χ4n) is 0.913. The van der Waals surface area contributed by atoms with Crippen LogP contribution in [0.15, 0.2) is 27.7 Å². The highest BCUT2D eigenvalue weighted by Gasteiger charge is 2.34. The Kier molecular flexibility index (Phi) is 3.78. The summed E-state index contributed by atoms with van der Waals surface area (Å²) in [6.45, 7) is 1.66. The summed E-state index contributed by atoms with van der Waals surface area (Å²) in [5.74, 6) is 0. The molecule has 0 spiro atoms. The zero-order valence-corrected chi connectivity index (χ0v) is 9.91. The van der Waals surface area contributed by atoms with Crippen molar-refractivity contribution in [3.05, 3.63) is 28.2 Å². The Morgan fingerprint density at radius 3 is 2.47 bits per heavy atom. The van der Waals surface area contributed by atoms with Crippen LogP contribution in [0.1, 0.15) is 5.56 Å². The molecule has 1 nitrogen and oxygen atoms in total. The quantitative estimate of drug-likeness (QED) is 0.673. The van der Waals surface area contributed by atoms with E-state index in [9.17, 15) is 13.2 Å². The number of rotatable bonds is 1. The third-order valence-electron chi connectivity index (χ3n) is 1.61. The summed E-state index contributed by atoms with van der Waals surface area (Å²) in [4.78, 5) is 3.31. The SMILES string of the molecule is Cc1cc(Br)ccc1N=C(Cl)C(F)(F)F. The first kappa shape index (κ1) is 12.5. The van der Waals surface area contributed by atoms with E-state index in [0.29, 0.717) is 5.56 Å². The lowest BCUT2D eigenvalue weighted by atomic mass is 10.2. The zero-order chi connectivity index (χ0) is 11.6. The van der Waals surface area contributed by atoms with Crippen LogP contribution in [0.5, 0.6) is 0 Å². The normalized spacial score (nSPS) is 13.1. The van der Waals surface area contributed by atoms with Gasteiger partial charge in [0.05, 0.1) is 5.69 Å². The van der Waals surface area contributed by atoms with E-state index in [1.165, 1.54) is 6.07 Å². The molecular weight excluding hydrogens is 294 g/mol. The molecule has 0 saturated carbocycles. The Balaban J connectivity index is 3.09. The first-order valence-electron chi connectivity index (χ1n) is 3.88. The van der Waals surface area contributed by atoms with Gasteiger partial charge in [-0.2, -0.15) is 13.2 Å². The van der Waals surface area contributed by atoms with Crippen LogP contribution in [0.2, 0.25) is 0 Å². The molecule has 1 aromatic carbocycles. The number of halogens is 5. The molecule has 82 valence electrons. The fourth-order valence-corrected chi connectivity index (χ4v) is 1.48. The number of aryl methyl sites for hydroxylation is 1. The van der Waals surface area contributed by atoms with Gasteiger partial charge in [-0.1, -0.05) is 27.5 Å². The van der Waals surface area contributed by atoms with E-state index < -0.39 is 11.3 Å². The molecule has 0 aliphatic rings. The van der Waals surface area contributed by atoms with Gasteiger partial charge in [-0.3, -0.25) is 0 Å². The van der Waals surface area contributed by atoms with Crippen molar-refractivity contribution >= 4 is 38.4 Å². The molecular formula is C9H6BrClF3N. The van der Waals surface area contributed by atoms with Crippen LogP contribution in [0.4, 0.5) is 18.9 Å². The van der Waals surface area contributed by atoms with Crippen LogP contribution in [0, 0.1) is 6.92 Å². The molecule has 1 rings (SSSR count). The van der Waals surface area contributed by atoms with E-state index in [4.69, 9.17) is 11.6 Å². The second kappa shape index (κ2) is 4.53. The minimum Gasteiger partial charge on any atom is -0.232 e. The highest BCUT2D eigenvalue weighted by atomic mass is 79.9. The molecule has 0 bridgehead atoms. The van der Waals surface area contributed by atoms with E-state index in [1.54, 1.807) is 19.1 Å². The number of aliphatic imine (C=N–C) groups is 1. The fraction of sp³-hybridized carbons (Fsp3) is 0.222. The van der Waals surface area contributed by atoms with E-state index in [1.807, 2.05) is 0 Å². The van der Waals surface area contributed by atoms with Gasteiger partial charge in [0.1, 0.15) is 0 Å². The first-order chi connectivity index (χ1) is 6.80. The minimum absolute atomic E-state index is 0.209. The van der Waals surface area contributed by atoms with Crippen LogP contribution in [-0.4, -0.2) is 11.3 Å². The van der Waals surface area contributed by atoms with E-state index >= 15 is 0 Å². The molecule has 0 radical (unpaired) electrons. The molecule has 6 heteroatoms. The van der Waals surface area contributed by atoms with E-state index in [0.717, 1.165) is 4.47 Å². The monoisotopic (exact) mass is 299 g/mol. The average Bonchev–Trinajstić information content (AvgIpc) is 2.08. The Morgan fingerprint density at radius 1 is 1.40 bits per heavy atom. The molecule has 1 aromatic rings. The van der Waals surface area contributed by atoms with Gasteiger partial charge in [0.15, 0.2) is 0 Å². The highest BCUT2D eigenvalue weighted by Crippen LogP contribution is 2.27. The summed E-state index contributed by atoms with van der Waals surface area (Å²) in [5.41, 5.74) is 0.826. The van der Waals surface area contributed by atoms with Crippen LogP contribution in [0.3, 0.4) is 0 Å². The molecule has 15 heavy (non-hydrogen) atoms. The van der Waals surface area contributed by atoms with Gasteiger partial charge >= 0.3 is 6.18 Å². The summed E-state index contributed by atoms with van der Waals surface area (Å²) in [7, 11) is 0. The van der Waals surface area contributed by atoms with Gasteiger partial charge < -0.3 is 0 Å². The predicted molar refractivity (Wildman–Crippen MR) is 57.9 cm³/mol. The number of hydrogen-bond acceptors (Lipinski definition) is 1. The number of alkyl halides is 3. The molecule has 0 aromatic heterocycles. The molecule has 0 aliphatic heterocycles. The summed E-state index contributed by atoms with van der Waals surface area (Å²) in [5, 5.41) is -1.37. The standard InChI is InChI=1S/C9H6BrClF3N/c1-5-4-6(10)2-3-7(5)15-8(11)9(12,13)14/h2-4H,1H3. The summed E-state index contributed by atoms with van der Waals surface area (Å²) >= 11 is 8.21. The predicted octanol–water partition coefficient (Wildman–Crippen LogP) is 4.59. The maximum atomic E-state index is 12.1. The third-order valence-corrected chi connectivity index (χ3v) is 2.40. The molecule has 0 unspecified atom stereocenters. The molecule has 0 aliphatic carbocycles. The van der Waals surface area contributed by atoms with Crippen LogP contribution >= 0.6 is 27.5 Å². The van der Waals surface area contributed by atoms with E-state index in [2.05, 4.69) is 20.9 Å². The molecule has 0 amide bonds. The third kappa shape index (κ3) is 3.50. The second-order valence-electron chi connectivity index (χ2n) is 2.83. The molecule has 0 atom stereocenters. The topological polar surface area (TPSA) is 12.4 Å². The Morgan fingerprint density at radius 2 is 2.00 bits per heavy atom. The van der Waals surface area contributed by atoms with Crippen LogP contribution in [-0.2, 0) is 0 Å². The number of benzene rings is 1. The Bertz CT molecular complexity index is 401. The molecule has 0 fully saturated rings. The van der Waals surface area contributed by atoms with Crippen molar-refractivity contribution in [3.8, 4) is 0 Å². The van der Waals surface area contributed by atoms with Gasteiger partial charge in [-0.25, -0.2) is 4.99 Å². The van der Waals surface area contributed by atoms with Crippen molar-refractivity contribution in [2.75, 3.05) is 0 Å². The maximum absolute atomic E-state index is 12.1. The van der Waals surface area contributed by atoms with E-state index in [-0.39, 0.29) is 5.69 Å². The minimum atomic E-state index is -4.60. The van der Waals surface area contributed by atoms with Crippen molar-refractivity contribution < 1.29 is 13.2 Å². The smallest absolute Gasteiger partial charge is 0.232 e. The lowest BCUT2D eigenvalue weighted by Gasteiger charge is -2.05. The maximum Gasteiger partial charge on any atom is 0.444 e. The molecule has 0 saturated heterocycles. The van der Waals surface area contributed by atoms with Crippen LogP contribution in [0.25, 0.3) is 0 Å². The van der Waals surface area contributed by atoms with Crippen LogP contribution < -0.4 is 0 Å². The van der Waals surface area contributed by atoms with Gasteiger partial charge in [-0.15, -0.1) is 0 Å². The van der Waals surface area contributed by atoms with Gasteiger partial charge in [0.2, 0.25) is 5.17 Å². The number of nitrogens with zero attached hydrogens (tertiary/aromatic N) is 1. The average molecular weight is 301 g/mol. The Labute approximate surface area is 98.1 Å². The molecule has 0 heterocycles. The second-order valence-corrected chi connectivity index (χ2v) is 4.10. The zero-order valence-electron chi connectivity index (χ0n) is 7.57. The van der Waals surface area contributed by atoms with Crippen molar-refractivity contribution in [3.63, 3.8) is 0 Å². The molecule has 0 N–H and O–H groups in total. The summed E-state index contributed by atoms with van der Waals surface area (Å²) in [6.07, 6.45) is -4.60. The summed E-state index contributed by atoms with van der Waals surface area (Å²) in [6, 6.07) is 4.74. The highest BCUT2D eigenvalue weighted by molar-refractivity contribution is 9.10. The van der Waals surface area contributed by atoms with Crippen molar-refractivity contribution in [2.45, 2.75) is 13.1 Å². The van der Waals surface area contributed by atoms with Crippen molar-refractivity contribution in [1.82, 2.24) is 0 Å². The lowest BCUT2D eigenvalue weighted by Crippen LogP contribution is -2.16.